The van der Waals surface area contributed by atoms with Crippen LogP contribution in [0.4, 0.5) is 5.69 Å². The van der Waals surface area contributed by atoms with Crippen LogP contribution in [0.3, 0.4) is 0 Å². The van der Waals surface area contributed by atoms with Crippen LogP contribution in [0.2, 0.25) is 0 Å². The van der Waals surface area contributed by atoms with E-state index in [1.807, 2.05) is 12.1 Å². The molecule has 0 aliphatic heterocycles. The molecule has 2 rings (SSSR count). The SMILES string of the molecule is N#Cc1ccc(NCCCCc2ccc(S(=O)(=O)O)cc2)cc1. The molecular weight excluding hydrogens is 312 g/mol. The molecule has 23 heavy (non-hydrogen) atoms. The fraction of sp³-hybridized carbons (Fsp3) is 0.235. The fourth-order valence-electron chi connectivity index (χ4n) is 2.18. The van der Waals surface area contributed by atoms with Crippen molar-refractivity contribution in [2.75, 3.05) is 11.9 Å². The van der Waals surface area contributed by atoms with Gasteiger partial charge < -0.3 is 5.32 Å². The molecule has 2 aromatic carbocycles. The molecule has 0 aliphatic carbocycles. The highest BCUT2D eigenvalue weighted by Gasteiger charge is 2.08. The Morgan fingerprint density at radius 2 is 1.65 bits per heavy atom. The highest BCUT2D eigenvalue weighted by atomic mass is 32.2. The monoisotopic (exact) mass is 330 g/mol. The first kappa shape index (κ1) is 17.0. The van der Waals surface area contributed by atoms with Crippen molar-refractivity contribution < 1.29 is 13.0 Å². The fourth-order valence-corrected chi connectivity index (χ4v) is 2.66. The second-order valence-electron chi connectivity index (χ2n) is 5.19. The number of rotatable bonds is 7. The molecule has 6 heteroatoms. The minimum atomic E-state index is -4.11. The van der Waals surface area contributed by atoms with E-state index in [1.54, 1.807) is 24.3 Å². The van der Waals surface area contributed by atoms with Crippen molar-refractivity contribution in [3.8, 4) is 6.07 Å². The summed E-state index contributed by atoms with van der Waals surface area (Å²) < 4.78 is 30.8. The van der Waals surface area contributed by atoms with E-state index in [1.165, 1.54) is 12.1 Å². The molecule has 2 aromatic rings. The van der Waals surface area contributed by atoms with Gasteiger partial charge in [0.1, 0.15) is 0 Å². The van der Waals surface area contributed by atoms with E-state index >= 15 is 0 Å². The van der Waals surface area contributed by atoms with Crippen LogP contribution < -0.4 is 5.32 Å². The van der Waals surface area contributed by atoms with E-state index in [9.17, 15) is 8.42 Å². The number of nitrogens with zero attached hydrogens (tertiary/aromatic N) is 1. The van der Waals surface area contributed by atoms with Crippen LogP contribution in [0.5, 0.6) is 0 Å². The normalized spacial score (nSPS) is 11.0. The highest BCUT2D eigenvalue weighted by molar-refractivity contribution is 7.85. The highest BCUT2D eigenvalue weighted by Crippen LogP contribution is 2.13. The van der Waals surface area contributed by atoms with Gasteiger partial charge in [-0.15, -0.1) is 0 Å². The van der Waals surface area contributed by atoms with E-state index in [0.29, 0.717) is 5.56 Å². The van der Waals surface area contributed by atoms with Gasteiger partial charge >= 0.3 is 0 Å². The molecule has 0 unspecified atom stereocenters. The Hall–Kier alpha value is -2.36. The molecule has 2 N–H and O–H groups in total. The van der Waals surface area contributed by atoms with Crippen molar-refractivity contribution in [2.45, 2.75) is 24.2 Å². The molecule has 0 radical (unpaired) electrons. The molecule has 0 saturated carbocycles. The molecule has 0 aliphatic rings. The first-order chi connectivity index (χ1) is 11.0. The number of anilines is 1. The summed E-state index contributed by atoms with van der Waals surface area (Å²) in [7, 11) is -4.11. The summed E-state index contributed by atoms with van der Waals surface area (Å²) in [6, 6.07) is 15.7. The molecule has 0 bridgehead atoms. The molecule has 0 atom stereocenters. The largest absolute Gasteiger partial charge is 0.385 e. The number of nitrogens with one attached hydrogen (secondary N) is 1. The number of hydrogen-bond donors (Lipinski definition) is 2. The summed E-state index contributed by atoms with van der Waals surface area (Å²) >= 11 is 0. The van der Waals surface area contributed by atoms with Gasteiger partial charge in [0.2, 0.25) is 0 Å². The minimum Gasteiger partial charge on any atom is -0.385 e. The smallest absolute Gasteiger partial charge is 0.294 e. The van der Waals surface area contributed by atoms with Gasteiger partial charge in [-0.2, -0.15) is 13.7 Å². The molecule has 0 spiro atoms. The Labute approximate surface area is 136 Å². The van der Waals surface area contributed by atoms with Gasteiger partial charge in [0.15, 0.2) is 0 Å². The zero-order chi connectivity index (χ0) is 16.7. The van der Waals surface area contributed by atoms with Crippen LogP contribution in [-0.4, -0.2) is 19.5 Å². The van der Waals surface area contributed by atoms with Crippen LogP contribution in [0, 0.1) is 11.3 Å². The van der Waals surface area contributed by atoms with Crippen LogP contribution in [0.15, 0.2) is 53.4 Å². The van der Waals surface area contributed by atoms with Crippen molar-refractivity contribution >= 4 is 15.8 Å². The Kier molecular flexibility index (Phi) is 5.74. The Morgan fingerprint density at radius 3 is 2.22 bits per heavy atom. The third-order valence-electron chi connectivity index (χ3n) is 3.46. The summed E-state index contributed by atoms with van der Waals surface area (Å²) in [6.07, 6.45) is 2.79. The van der Waals surface area contributed by atoms with Crippen molar-refractivity contribution in [1.82, 2.24) is 0 Å². The lowest BCUT2D eigenvalue weighted by molar-refractivity contribution is 0.483. The van der Waals surface area contributed by atoms with Crippen LogP contribution in [0.1, 0.15) is 24.0 Å². The van der Waals surface area contributed by atoms with Gasteiger partial charge in [0.05, 0.1) is 16.5 Å². The number of nitriles is 1. The van der Waals surface area contributed by atoms with E-state index in [2.05, 4.69) is 11.4 Å². The summed E-state index contributed by atoms with van der Waals surface area (Å²) in [4.78, 5) is -0.0799. The van der Waals surface area contributed by atoms with Crippen molar-refractivity contribution in [1.29, 1.82) is 5.26 Å². The summed E-state index contributed by atoms with van der Waals surface area (Å²) in [5.74, 6) is 0. The first-order valence-electron chi connectivity index (χ1n) is 7.29. The minimum absolute atomic E-state index is 0.0799. The van der Waals surface area contributed by atoms with Gasteiger partial charge in [-0.05, 0) is 61.2 Å². The summed E-state index contributed by atoms with van der Waals surface area (Å²) in [5, 5.41) is 12.0. The summed E-state index contributed by atoms with van der Waals surface area (Å²) in [5.41, 5.74) is 2.67. The second-order valence-corrected chi connectivity index (χ2v) is 6.61. The van der Waals surface area contributed by atoms with Crippen LogP contribution in [0.25, 0.3) is 0 Å². The van der Waals surface area contributed by atoms with Crippen molar-refractivity contribution in [3.63, 3.8) is 0 Å². The third kappa shape index (κ3) is 5.40. The molecule has 0 aromatic heterocycles. The molecule has 5 nitrogen and oxygen atoms in total. The van der Waals surface area contributed by atoms with Crippen molar-refractivity contribution in [2.24, 2.45) is 0 Å². The number of aryl methyl sites for hydroxylation is 1. The average molecular weight is 330 g/mol. The third-order valence-corrected chi connectivity index (χ3v) is 4.32. The quantitative estimate of drug-likeness (QED) is 0.601. The number of unbranched alkanes of at least 4 members (excludes halogenated alkanes) is 1. The van der Waals surface area contributed by atoms with E-state index in [4.69, 9.17) is 9.81 Å². The van der Waals surface area contributed by atoms with E-state index in [0.717, 1.165) is 37.1 Å². The van der Waals surface area contributed by atoms with Crippen molar-refractivity contribution in [3.05, 3.63) is 59.7 Å². The van der Waals surface area contributed by atoms with E-state index in [-0.39, 0.29) is 4.90 Å². The zero-order valence-electron chi connectivity index (χ0n) is 12.6. The van der Waals surface area contributed by atoms with E-state index < -0.39 is 10.1 Å². The lowest BCUT2D eigenvalue weighted by Crippen LogP contribution is -2.02. The maximum Gasteiger partial charge on any atom is 0.294 e. The van der Waals surface area contributed by atoms with Crippen LogP contribution >= 0.6 is 0 Å². The summed E-state index contributed by atoms with van der Waals surface area (Å²) in [6.45, 7) is 0.828. The van der Waals surface area contributed by atoms with Gasteiger partial charge in [-0.25, -0.2) is 0 Å². The topological polar surface area (TPSA) is 90.2 Å². The lowest BCUT2D eigenvalue weighted by Gasteiger charge is -2.06. The molecule has 0 fully saturated rings. The maximum absolute atomic E-state index is 10.9. The molecule has 0 amide bonds. The second kappa shape index (κ2) is 7.77. The standard InChI is InChI=1S/C17H18N2O3S/c18-13-15-4-8-16(9-5-15)19-12-2-1-3-14-6-10-17(11-7-14)23(20,21)22/h4-11,19H,1-3,12H2,(H,20,21,22). The molecular formula is C17H18N2O3S. The van der Waals surface area contributed by atoms with Gasteiger partial charge in [-0.1, -0.05) is 12.1 Å². The number of benzene rings is 2. The number of hydrogen-bond acceptors (Lipinski definition) is 4. The van der Waals surface area contributed by atoms with Crippen LogP contribution in [-0.2, 0) is 16.5 Å². The van der Waals surface area contributed by atoms with Gasteiger partial charge in [-0.3, -0.25) is 4.55 Å². The maximum atomic E-state index is 10.9. The molecule has 0 saturated heterocycles. The molecule has 120 valence electrons. The Balaban J connectivity index is 1.72. The lowest BCUT2D eigenvalue weighted by atomic mass is 10.1. The zero-order valence-corrected chi connectivity index (χ0v) is 13.4. The molecule has 0 heterocycles. The Morgan fingerprint density at radius 1 is 1.00 bits per heavy atom. The Bertz CT molecular complexity index is 776. The predicted octanol–water partition coefficient (Wildman–Crippen LogP) is 3.24. The predicted molar refractivity (Wildman–Crippen MR) is 88.8 cm³/mol. The average Bonchev–Trinajstić information content (AvgIpc) is 2.55. The first-order valence-corrected chi connectivity index (χ1v) is 8.73. The van der Waals surface area contributed by atoms with Gasteiger partial charge in [0.25, 0.3) is 10.1 Å². The van der Waals surface area contributed by atoms with Gasteiger partial charge in [0, 0.05) is 12.2 Å².